The summed E-state index contributed by atoms with van der Waals surface area (Å²) in [5.74, 6) is 0.735. The molecule has 0 radical (unpaired) electrons. The van der Waals surface area contributed by atoms with Crippen molar-refractivity contribution in [2.45, 2.75) is 12.8 Å². The van der Waals surface area contributed by atoms with Gasteiger partial charge in [0.2, 0.25) is 0 Å². The van der Waals surface area contributed by atoms with E-state index >= 15 is 0 Å². The lowest BCUT2D eigenvalue weighted by Gasteiger charge is -2.14. The molecule has 0 unspecified atom stereocenters. The van der Waals surface area contributed by atoms with Crippen molar-refractivity contribution in [3.63, 3.8) is 0 Å². The number of rotatable bonds is 0. The normalized spacial score (nSPS) is 13.4. The average molecular weight is 188 g/mol. The van der Waals surface area contributed by atoms with Gasteiger partial charge in [0, 0.05) is 6.42 Å². The van der Waals surface area contributed by atoms with Gasteiger partial charge in [-0.2, -0.15) is 0 Å². The molecular weight excluding hydrogens is 180 g/mol. The predicted octanol–water partition coefficient (Wildman–Crippen LogP) is -0.000700. The molecule has 0 amide bonds. The van der Waals surface area contributed by atoms with Crippen LogP contribution in [0.2, 0.25) is 0 Å². The van der Waals surface area contributed by atoms with Gasteiger partial charge in [-0.1, -0.05) is 18.2 Å². The van der Waals surface area contributed by atoms with E-state index < -0.39 is 0 Å². The first-order chi connectivity index (χ1) is 6.86. The minimum absolute atomic E-state index is 0.535. The molecule has 0 N–H and O–H groups in total. The molecule has 1 aromatic heterocycles. The quantitative estimate of drug-likeness (QED) is 0.432. The smallest absolute Gasteiger partial charge is 0.289 e. The van der Waals surface area contributed by atoms with Crippen molar-refractivity contribution in [3.8, 4) is 5.69 Å². The molecule has 14 heavy (non-hydrogen) atoms. The molecule has 70 valence electrons. The van der Waals surface area contributed by atoms with Crippen molar-refractivity contribution in [2.24, 2.45) is 0 Å². The van der Waals surface area contributed by atoms with Crippen molar-refractivity contribution in [1.29, 1.82) is 0 Å². The van der Waals surface area contributed by atoms with Crippen LogP contribution >= 0.6 is 0 Å². The Morgan fingerprint density at radius 2 is 2.14 bits per heavy atom. The first-order valence-corrected chi connectivity index (χ1v) is 4.49. The molecule has 2 heterocycles. The van der Waals surface area contributed by atoms with E-state index in [1.807, 2.05) is 24.3 Å². The number of aryl methyl sites for hydroxylation is 2. The van der Waals surface area contributed by atoms with Gasteiger partial charge < -0.3 is 5.21 Å². The van der Waals surface area contributed by atoms with Crippen LogP contribution in [0.3, 0.4) is 0 Å². The molecule has 0 atom stereocenters. The van der Waals surface area contributed by atoms with Crippen LogP contribution in [0.25, 0.3) is 5.69 Å². The van der Waals surface area contributed by atoms with E-state index in [1.165, 1.54) is 10.2 Å². The molecule has 5 nitrogen and oxygen atoms in total. The van der Waals surface area contributed by atoms with Crippen molar-refractivity contribution in [3.05, 3.63) is 40.9 Å². The second-order valence-corrected chi connectivity index (χ2v) is 3.30. The van der Waals surface area contributed by atoms with Crippen LogP contribution in [0.4, 0.5) is 0 Å². The Bertz CT molecular complexity index is 491. The van der Waals surface area contributed by atoms with Gasteiger partial charge in [-0.05, 0) is 23.0 Å². The van der Waals surface area contributed by atoms with Crippen LogP contribution < -0.4 is 4.96 Å². The number of para-hydroxylation sites is 1. The van der Waals surface area contributed by atoms with Gasteiger partial charge in [-0.3, -0.25) is 0 Å². The van der Waals surface area contributed by atoms with Crippen molar-refractivity contribution >= 4 is 0 Å². The second kappa shape index (κ2) is 2.54. The third-order valence-corrected chi connectivity index (χ3v) is 2.49. The van der Waals surface area contributed by atoms with E-state index in [0.717, 1.165) is 24.4 Å². The van der Waals surface area contributed by atoms with E-state index in [1.54, 1.807) is 0 Å². The SMILES string of the molecule is [O-][n+]1nnc2n1-c1ccccc1CC2. The number of hydrogen-bond acceptors (Lipinski definition) is 3. The molecule has 5 heteroatoms. The van der Waals surface area contributed by atoms with Crippen LogP contribution in [0.5, 0.6) is 0 Å². The maximum absolute atomic E-state index is 11.3. The second-order valence-electron chi connectivity index (χ2n) is 3.30. The lowest BCUT2D eigenvalue weighted by molar-refractivity contribution is -0.743. The van der Waals surface area contributed by atoms with Crippen LogP contribution in [0, 0.1) is 5.21 Å². The first-order valence-electron chi connectivity index (χ1n) is 4.49. The van der Waals surface area contributed by atoms with E-state index in [2.05, 4.69) is 10.3 Å². The van der Waals surface area contributed by atoms with Gasteiger partial charge in [0.15, 0.2) is 5.21 Å². The third-order valence-electron chi connectivity index (χ3n) is 2.49. The van der Waals surface area contributed by atoms with Gasteiger partial charge in [-0.15, -0.1) is 4.68 Å². The molecule has 0 spiro atoms. The Morgan fingerprint density at radius 3 is 3.07 bits per heavy atom. The Balaban J connectivity index is 2.32. The largest absolute Gasteiger partial charge is 0.672 e. The van der Waals surface area contributed by atoms with E-state index in [9.17, 15) is 5.21 Å². The fraction of sp³-hybridized carbons (Fsp3) is 0.222. The van der Waals surface area contributed by atoms with Gasteiger partial charge in [0.05, 0.1) is 10.8 Å². The minimum atomic E-state index is 0.535. The summed E-state index contributed by atoms with van der Waals surface area (Å²) < 4.78 is 1.51. The lowest BCUT2D eigenvalue weighted by Crippen LogP contribution is -2.41. The number of tetrazole rings is 1. The fourth-order valence-corrected chi connectivity index (χ4v) is 1.83. The number of nitrogens with zero attached hydrogens (tertiary/aromatic N) is 4. The van der Waals surface area contributed by atoms with Crippen LogP contribution in [-0.4, -0.2) is 15.0 Å². The molecule has 0 bridgehead atoms. The molecule has 2 aromatic rings. The highest BCUT2D eigenvalue weighted by Crippen LogP contribution is 2.20. The maximum atomic E-state index is 11.3. The standard InChI is InChI=1S/C9H8N4O/c14-13-11-10-9-6-5-7-3-1-2-4-8(7)12(9)13/h1-4H,5-6H2. The van der Waals surface area contributed by atoms with Crippen LogP contribution in [0.1, 0.15) is 11.4 Å². The summed E-state index contributed by atoms with van der Waals surface area (Å²) in [5, 5.41) is 18.6. The Kier molecular flexibility index (Phi) is 1.36. The molecule has 0 saturated heterocycles. The zero-order valence-corrected chi connectivity index (χ0v) is 7.42. The van der Waals surface area contributed by atoms with Gasteiger partial charge in [0.1, 0.15) is 0 Å². The molecule has 3 rings (SSSR count). The highest BCUT2D eigenvalue weighted by Gasteiger charge is 2.24. The summed E-state index contributed by atoms with van der Waals surface area (Å²) in [6.07, 6.45) is 1.70. The van der Waals surface area contributed by atoms with Gasteiger partial charge >= 0.3 is 0 Å². The molecule has 0 aliphatic carbocycles. The van der Waals surface area contributed by atoms with Crippen molar-refractivity contribution in [2.75, 3.05) is 0 Å². The average Bonchev–Trinajstić information content (AvgIpc) is 2.61. The molecule has 1 aliphatic heterocycles. The summed E-state index contributed by atoms with van der Waals surface area (Å²) in [6.45, 7) is 0. The summed E-state index contributed by atoms with van der Waals surface area (Å²) in [5.41, 5.74) is 2.07. The Labute approximate surface area is 80.2 Å². The number of hydrogen-bond donors (Lipinski definition) is 0. The summed E-state index contributed by atoms with van der Waals surface area (Å²) in [4.78, 5) is 0.535. The summed E-state index contributed by atoms with van der Waals surface area (Å²) in [7, 11) is 0. The molecule has 0 saturated carbocycles. The van der Waals surface area contributed by atoms with Crippen LogP contribution in [0.15, 0.2) is 24.3 Å². The Hall–Kier alpha value is -1.91. The van der Waals surface area contributed by atoms with Crippen LogP contribution in [-0.2, 0) is 12.8 Å². The molecule has 0 fully saturated rings. The predicted molar refractivity (Wildman–Crippen MR) is 47.7 cm³/mol. The van der Waals surface area contributed by atoms with E-state index in [4.69, 9.17) is 0 Å². The number of aromatic nitrogens is 4. The zero-order chi connectivity index (χ0) is 9.54. The number of benzene rings is 1. The molecule has 1 aromatic carbocycles. The minimum Gasteiger partial charge on any atom is -0.672 e. The highest BCUT2D eigenvalue weighted by atomic mass is 16.5. The lowest BCUT2D eigenvalue weighted by atomic mass is 10.0. The first kappa shape index (κ1) is 7.49. The number of fused-ring (bicyclic) bond motifs is 3. The Morgan fingerprint density at radius 1 is 1.29 bits per heavy atom. The summed E-state index contributed by atoms with van der Waals surface area (Å²) in [6, 6.07) is 7.82. The molecule has 1 aliphatic rings. The third kappa shape index (κ3) is 0.863. The molecular formula is C9H8N4O. The van der Waals surface area contributed by atoms with Gasteiger partial charge in [-0.25, -0.2) is 0 Å². The monoisotopic (exact) mass is 188 g/mol. The fourth-order valence-electron chi connectivity index (χ4n) is 1.83. The van der Waals surface area contributed by atoms with Crippen molar-refractivity contribution in [1.82, 2.24) is 15.0 Å². The van der Waals surface area contributed by atoms with Gasteiger partial charge in [0.25, 0.3) is 5.82 Å². The van der Waals surface area contributed by atoms with E-state index in [0.29, 0.717) is 4.96 Å². The van der Waals surface area contributed by atoms with E-state index in [-0.39, 0.29) is 0 Å². The van der Waals surface area contributed by atoms with Crippen molar-refractivity contribution < 1.29 is 4.96 Å². The topological polar surface area (TPSA) is 57.6 Å². The zero-order valence-electron chi connectivity index (χ0n) is 7.42. The maximum Gasteiger partial charge on any atom is 0.289 e. The summed E-state index contributed by atoms with van der Waals surface area (Å²) >= 11 is 0. The highest BCUT2D eigenvalue weighted by molar-refractivity contribution is 5.42.